The molecule has 268 valence electrons. The van der Waals surface area contributed by atoms with Crippen LogP contribution in [0.25, 0.3) is 22.6 Å². The highest BCUT2D eigenvalue weighted by atomic mass is 32.2. The van der Waals surface area contributed by atoms with Crippen molar-refractivity contribution in [2.75, 3.05) is 0 Å². The van der Waals surface area contributed by atoms with E-state index in [2.05, 4.69) is 20.2 Å². The smallest absolute Gasteiger partial charge is 0.272 e. The zero-order chi connectivity index (χ0) is 36.5. The van der Waals surface area contributed by atoms with Crippen molar-refractivity contribution in [1.29, 1.82) is 0 Å². The SMILES string of the molecule is Cc1cc(-c2cc3nc(CSc4cccc(F)c4F)cc(=O)n3[nH]2)c(C)o1.O=c1cc(CSc2cccc(F)c2F)nc2cc(C3CCCC3)[nH]n12. The molecule has 0 bridgehead atoms. The zero-order valence-corrected chi connectivity index (χ0v) is 29.6. The number of benzene rings is 2. The van der Waals surface area contributed by atoms with Crippen molar-refractivity contribution >= 4 is 34.8 Å². The van der Waals surface area contributed by atoms with Gasteiger partial charge < -0.3 is 4.42 Å². The number of aryl methyl sites for hydroxylation is 2. The molecule has 7 aromatic rings. The van der Waals surface area contributed by atoms with Crippen molar-refractivity contribution in [3.8, 4) is 11.3 Å². The molecule has 2 N–H and O–H groups in total. The second-order valence-corrected chi connectivity index (χ2v) is 14.5. The summed E-state index contributed by atoms with van der Waals surface area (Å²) in [5.74, 6) is -1.01. The predicted molar refractivity (Wildman–Crippen MR) is 192 cm³/mol. The lowest BCUT2D eigenvalue weighted by Crippen LogP contribution is -2.15. The first-order valence-electron chi connectivity index (χ1n) is 16.5. The molecule has 1 aliphatic carbocycles. The predicted octanol–water partition coefficient (Wildman–Crippen LogP) is 8.72. The summed E-state index contributed by atoms with van der Waals surface area (Å²) in [6.45, 7) is 3.70. The third-order valence-electron chi connectivity index (χ3n) is 8.74. The normalized spacial score (nSPS) is 13.3. The van der Waals surface area contributed by atoms with Gasteiger partial charge in [0.25, 0.3) is 11.1 Å². The van der Waals surface area contributed by atoms with E-state index in [0.717, 1.165) is 77.0 Å². The molecule has 9 nitrogen and oxygen atoms in total. The first-order valence-corrected chi connectivity index (χ1v) is 18.5. The van der Waals surface area contributed by atoms with E-state index in [0.29, 0.717) is 34.4 Å². The lowest BCUT2D eigenvalue weighted by atomic mass is 10.1. The number of aromatic nitrogens is 6. The van der Waals surface area contributed by atoms with Gasteiger partial charge in [-0.25, -0.2) is 36.6 Å². The highest BCUT2D eigenvalue weighted by molar-refractivity contribution is 7.98. The van der Waals surface area contributed by atoms with Gasteiger partial charge in [0.2, 0.25) is 0 Å². The number of nitrogens with one attached hydrogen (secondary N) is 2. The van der Waals surface area contributed by atoms with Crippen LogP contribution in [0.2, 0.25) is 0 Å². The Morgan fingerprint density at radius 2 is 1.29 bits per heavy atom. The number of hydrogen-bond donors (Lipinski definition) is 2. The Morgan fingerprint density at radius 1 is 0.750 bits per heavy atom. The Labute approximate surface area is 302 Å². The average molecular weight is 749 g/mol. The number of fused-ring (bicyclic) bond motifs is 2. The Morgan fingerprint density at radius 3 is 1.83 bits per heavy atom. The van der Waals surface area contributed by atoms with E-state index in [-0.39, 0.29) is 26.7 Å². The van der Waals surface area contributed by atoms with Crippen LogP contribution in [0.15, 0.2) is 90.5 Å². The van der Waals surface area contributed by atoms with Crippen LogP contribution in [0.5, 0.6) is 0 Å². The minimum Gasteiger partial charge on any atom is -0.466 e. The van der Waals surface area contributed by atoms with E-state index in [1.165, 1.54) is 58.3 Å². The van der Waals surface area contributed by atoms with Gasteiger partial charge in [0, 0.05) is 62.7 Å². The van der Waals surface area contributed by atoms with E-state index in [1.807, 2.05) is 26.0 Å². The third kappa shape index (κ3) is 7.46. The van der Waals surface area contributed by atoms with Crippen molar-refractivity contribution in [2.45, 2.75) is 66.7 Å². The molecule has 52 heavy (non-hydrogen) atoms. The molecule has 8 rings (SSSR count). The molecule has 0 saturated heterocycles. The summed E-state index contributed by atoms with van der Waals surface area (Å²) in [5, 5.41) is 6.17. The molecule has 5 aromatic heterocycles. The van der Waals surface area contributed by atoms with E-state index >= 15 is 0 Å². The summed E-state index contributed by atoms with van der Waals surface area (Å²) in [6, 6.07) is 16.5. The van der Waals surface area contributed by atoms with Gasteiger partial charge in [0.15, 0.2) is 34.6 Å². The fraction of sp³-hybridized carbons (Fsp3) is 0.243. The van der Waals surface area contributed by atoms with E-state index in [4.69, 9.17) is 4.42 Å². The molecular formula is C37H32F4N6O3S2. The first kappa shape index (κ1) is 35.4. The number of halogens is 4. The van der Waals surface area contributed by atoms with Crippen molar-refractivity contribution in [1.82, 2.24) is 29.2 Å². The largest absolute Gasteiger partial charge is 0.466 e. The van der Waals surface area contributed by atoms with Crippen LogP contribution in [0.4, 0.5) is 17.6 Å². The maximum atomic E-state index is 13.8. The molecule has 1 fully saturated rings. The second kappa shape index (κ2) is 14.9. The topological polar surface area (TPSA) is 113 Å². The molecule has 2 aromatic carbocycles. The van der Waals surface area contributed by atoms with E-state index in [1.54, 1.807) is 6.07 Å². The minimum atomic E-state index is -0.899. The summed E-state index contributed by atoms with van der Waals surface area (Å²) in [5.41, 5.74) is 4.21. The van der Waals surface area contributed by atoms with Crippen LogP contribution < -0.4 is 11.1 Å². The summed E-state index contributed by atoms with van der Waals surface area (Å²) in [4.78, 5) is 34.0. The number of aromatic amines is 2. The fourth-order valence-electron chi connectivity index (χ4n) is 6.22. The van der Waals surface area contributed by atoms with Gasteiger partial charge in [-0.2, -0.15) is 0 Å². The molecule has 0 atom stereocenters. The van der Waals surface area contributed by atoms with Crippen molar-refractivity contribution in [2.24, 2.45) is 0 Å². The molecule has 0 aliphatic heterocycles. The zero-order valence-electron chi connectivity index (χ0n) is 28.0. The van der Waals surface area contributed by atoms with Crippen molar-refractivity contribution in [3.05, 3.63) is 139 Å². The molecule has 0 unspecified atom stereocenters. The lowest BCUT2D eigenvalue weighted by Gasteiger charge is -2.04. The molecular weight excluding hydrogens is 717 g/mol. The molecule has 0 spiro atoms. The van der Waals surface area contributed by atoms with Crippen molar-refractivity contribution < 1.29 is 22.0 Å². The summed E-state index contributed by atoms with van der Waals surface area (Å²) < 4.78 is 62.4. The van der Waals surface area contributed by atoms with Crippen LogP contribution in [0.1, 0.15) is 60.2 Å². The Kier molecular flexibility index (Phi) is 10.1. The fourth-order valence-corrected chi connectivity index (χ4v) is 7.92. The minimum absolute atomic E-state index is 0.177. The van der Waals surface area contributed by atoms with E-state index in [9.17, 15) is 27.2 Å². The van der Waals surface area contributed by atoms with Gasteiger partial charge in [0.1, 0.15) is 11.5 Å². The van der Waals surface area contributed by atoms with Gasteiger partial charge in [-0.15, -0.1) is 23.5 Å². The monoisotopic (exact) mass is 748 g/mol. The number of nitrogens with zero attached hydrogens (tertiary/aromatic N) is 4. The first-order chi connectivity index (χ1) is 25.0. The van der Waals surface area contributed by atoms with Gasteiger partial charge in [0.05, 0.1) is 17.1 Å². The maximum Gasteiger partial charge on any atom is 0.272 e. The molecule has 15 heteroatoms. The van der Waals surface area contributed by atoms with Crippen LogP contribution in [-0.4, -0.2) is 29.2 Å². The third-order valence-corrected chi connectivity index (χ3v) is 10.9. The second-order valence-electron chi connectivity index (χ2n) is 12.4. The molecule has 5 heterocycles. The number of rotatable bonds is 8. The summed E-state index contributed by atoms with van der Waals surface area (Å²) >= 11 is 2.22. The Balaban J connectivity index is 0.000000162. The number of thioether (sulfide) groups is 2. The number of furan rings is 1. The standard InChI is InChI=1S/C19H15F2N3O2S.C18H17F2N3OS/c1-10-6-13(11(2)26-10)15-8-17-22-12(7-18(25)24(17)23-15)9-27-16-5-3-4-14(20)19(16)21;19-13-6-3-7-15(18(13)20)25-10-12-8-17(24)23-16(21-12)9-14(22-23)11-4-1-2-5-11/h3-8,23H,9H2,1-2H3;3,6-9,11,22H,1-2,4-5,10H2. The lowest BCUT2D eigenvalue weighted by molar-refractivity contribution is 0.491. The molecule has 1 aliphatic rings. The number of hydrogen-bond acceptors (Lipinski definition) is 7. The van der Waals surface area contributed by atoms with Gasteiger partial charge in [-0.3, -0.25) is 19.8 Å². The highest BCUT2D eigenvalue weighted by Gasteiger charge is 2.20. The maximum absolute atomic E-state index is 13.8. The quantitative estimate of drug-likeness (QED) is 0.118. The highest BCUT2D eigenvalue weighted by Crippen LogP contribution is 2.34. The van der Waals surface area contributed by atoms with Gasteiger partial charge in [-0.05, 0) is 57.0 Å². The molecule has 1 saturated carbocycles. The average Bonchev–Trinajstić information content (AvgIpc) is 3.93. The summed E-state index contributed by atoms with van der Waals surface area (Å²) in [7, 11) is 0. The van der Waals surface area contributed by atoms with Crippen LogP contribution in [0, 0.1) is 37.1 Å². The molecule has 0 amide bonds. The van der Waals surface area contributed by atoms with Crippen LogP contribution in [0.3, 0.4) is 0 Å². The number of H-pyrrole nitrogens is 2. The van der Waals surface area contributed by atoms with E-state index < -0.39 is 23.3 Å². The summed E-state index contributed by atoms with van der Waals surface area (Å²) in [6.07, 6.45) is 4.68. The van der Waals surface area contributed by atoms with Crippen LogP contribution in [-0.2, 0) is 11.5 Å². The van der Waals surface area contributed by atoms with Gasteiger partial charge in [-0.1, -0.05) is 25.0 Å². The Hall–Kier alpha value is -5.02. The van der Waals surface area contributed by atoms with Crippen molar-refractivity contribution in [3.63, 3.8) is 0 Å². The Bertz CT molecular complexity index is 2530. The van der Waals surface area contributed by atoms with Gasteiger partial charge >= 0.3 is 0 Å². The van der Waals surface area contributed by atoms with Crippen LogP contribution >= 0.6 is 23.5 Å². The molecule has 0 radical (unpaired) electrons.